The molecule has 21 nitrogen and oxygen atoms in total. The van der Waals surface area contributed by atoms with Crippen LogP contribution in [0, 0.1) is 18.3 Å². The number of aromatic amines is 1. The molecule has 1 saturated heterocycles. The van der Waals surface area contributed by atoms with E-state index in [0.717, 1.165) is 54.7 Å². The number of aromatic nitrogens is 2. The van der Waals surface area contributed by atoms with E-state index in [1.807, 2.05) is 107 Å². The number of benzene rings is 5. The predicted octanol–water partition coefficient (Wildman–Crippen LogP) is 7.26. The summed E-state index contributed by atoms with van der Waals surface area (Å²) in [6, 6.07) is 27.0. The normalized spacial score (nSPS) is 18.5. The van der Waals surface area contributed by atoms with E-state index in [4.69, 9.17) is 10.5 Å². The summed E-state index contributed by atoms with van der Waals surface area (Å²) in [6.45, 7) is 9.55. The summed E-state index contributed by atoms with van der Waals surface area (Å²) in [4.78, 5) is 140. The number of para-hydroxylation sites is 1. The lowest BCUT2D eigenvalue weighted by molar-refractivity contribution is -0.144. The molecule has 7 atom stereocenters. The highest BCUT2D eigenvalue weighted by atomic mass is 32.1. The fourth-order valence-corrected chi connectivity index (χ4v) is 13.5. The highest BCUT2D eigenvalue weighted by molar-refractivity contribution is 7.70. The molecule has 0 spiro atoms. The van der Waals surface area contributed by atoms with Gasteiger partial charge in [0.1, 0.15) is 18.1 Å². The first-order valence-corrected chi connectivity index (χ1v) is 32.3. The molecular formula is C66H73N8O13PS. The van der Waals surface area contributed by atoms with Gasteiger partial charge in [0, 0.05) is 67.6 Å². The van der Waals surface area contributed by atoms with Gasteiger partial charge in [-0.1, -0.05) is 93.6 Å². The molecule has 0 saturated carbocycles. The number of fused-ring (bicyclic) bond motifs is 2. The lowest BCUT2D eigenvalue weighted by atomic mass is 9.85. The monoisotopic (exact) mass is 1250 g/mol. The lowest BCUT2D eigenvalue weighted by Crippen LogP contribution is -2.57. The molecule has 3 aliphatic heterocycles. The number of rotatable bonds is 23. The zero-order chi connectivity index (χ0) is 63.6. The Bertz CT molecular complexity index is 3960. The first-order valence-electron chi connectivity index (χ1n) is 29.8. The van der Waals surface area contributed by atoms with Crippen molar-refractivity contribution in [1.82, 2.24) is 30.8 Å². The molecule has 7 aromatic rings. The number of hydrogen-bond acceptors (Lipinski definition) is 13. The van der Waals surface area contributed by atoms with Gasteiger partial charge in [0.15, 0.2) is 5.78 Å². The van der Waals surface area contributed by atoms with Crippen LogP contribution >= 0.6 is 18.9 Å². The smallest absolute Gasteiger partial charge is 0.391 e. The van der Waals surface area contributed by atoms with E-state index in [-0.39, 0.29) is 75.4 Å². The molecule has 1 fully saturated rings. The molecule has 23 heteroatoms. The van der Waals surface area contributed by atoms with Gasteiger partial charge in [-0.25, -0.2) is 4.98 Å². The second kappa shape index (κ2) is 26.5. The number of aliphatic hydroxyl groups is 1. The number of nitrogens with zero attached hydrogens (tertiary/aromatic N) is 3. The molecule has 2 aromatic heterocycles. The third kappa shape index (κ3) is 14.6. The molecule has 5 heterocycles. The van der Waals surface area contributed by atoms with Crippen molar-refractivity contribution in [2.45, 2.75) is 142 Å². The van der Waals surface area contributed by atoms with Crippen LogP contribution < -0.4 is 26.6 Å². The zero-order valence-corrected chi connectivity index (χ0v) is 51.8. The maximum atomic E-state index is 14.7. The number of aryl methyl sites for hydroxylation is 3. The number of amides is 6. The number of nitrogens with two attached hydrogens (primary N) is 1. The maximum absolute atomic E-state index is 14.7. The third-order valence-corrected chi connectivity index (χ3v) is 18.9. The number of aliphatic hydroxyl groups excluding tert-OH is 1. The van der Waals surface area contributed by atoms with Crippen LogP contribution in [-0.4, -0.2) is 119 Å². The van der Waals surface area contributed by atoms with Crippen LogP contribution in [0.25, 0.3) is 32.1 Å². The van der Waals surface area contributed by atoms with Crippen molar-refractivity contribution in [1.29, 1.82) is 0 Å². The van der Waals surface area contributed by atoms with Crippen LogP contribution in [-0.2, 0) is 70.5 Å². The van der Waals surface area contributed by atoms with Crippen LogP contribution in [0.4, 0.5) is 5.69 Å². The second-order valence-corrected chi connectivity index (χ2v) is 27.0. The molecule has 10 rings (SSSR count). The topological polar surface area (TPSA) is 321 Å². The Hall–Kier alpha value is -8.24. The fourth-order valence-electron chi connectivity index (χ4n) is 12.2. The number of likely N-dealkylation sites (tertiary alicyclic amines) is 1. The van der Waals surface area contributed by atoms with Crippen molar-refractivity contribution in [3.63, 3.8) is 0 Å². The van der Waals surface area contributed by atoms with E-state index in [0.29, 0.717) is 35.9 Å². The molecule has 0 bridgehead atoms. The predicted molar refractivity (Wildman–Crippen MR) is 335 cm³/mol. The van der Waals surface area contributed by atoms with Gasteiger partial charge in [0.05, 0.1) is 52.3 Å². The number of ether oxygens (including phenoxy) is 1. The maximum Gasteiger partial charge on any atom is 0.396 e. The van der Waals surface area contributed by atoms with E-state index < -0.39 is 96.1 Å². The Kier molecular flexibility index (Phi) is 19.0. The van der Waals surface area contributed by atoms with Gasteiger partial charge >= 0.3 is 7.60 Å². The molecule has 0 radical (unpaired) electrons. The lowest BCUT2D eigenvalue weighted by Gasteiger charge is -2.35. The number of Topliss-reactive ketones (excluding diaryl/α,β-unsaturated/α-hetero) is 1. The molecule has 0 aliphatic carbocycles. The standard InChI is InChI=1S/C66H73N8O13PS/c1-36-59(89-35-69-36)43-16-10-39(11-17-43)32-68-61(79)53-31-49(75)33-73(53)64(82)60(66(3,4)5)72-57(78)24-13-38-9-14-41-15-12-40(26-47(41)25-38)34-87-37(2)50(22-23-56(67)77)71-62(80)54-29-44-8-6-7-42-18-19-45(63(81)74(54)58(42)44)30-55(76)52-28-48-27-46(20-21-51(48)70-52)65(83)88(84,85)86/h6-12,14-17,20-21,25-28,35,37,45,49-50,53-54,60,70,75H,13,18-19,22-24,29-34H2,1-5H3,(H2,67,77)(H,68,79)(H,71,80)(H,72,78)(H2,84,85,86)/t37-,45-,49-,50+,53+,54+,60-/m1/s1. The fraction of sp³-hybridized carbons (Fsp3) is 0.379. The summed E-state index contributed by atoms with van der Waals surface area (Å²) in [5, 5.41) is 21.9. The molecule has 466 valence electrons. The third-order valence-electron chi connectivity index (χ3n) is 17.1. The summed E-state index contributed by atoms with van der Waals surface area (Å²) in [7, 11) is -5.05. The number of carbonyl (C=O) groups is 8. The van der Waals surface area contributed by atoms with Crippen LogP contribution in [0.3, 0.4) is 0 Å². The number of hydrogen-bond donors (Lipinski definition) is 8. The molecule has 6 amide bonds. The van der Waals surface area contributed by atoms with Crippen molar-refractivity contribution < 1.29 is 62.6 Å². The van der Waals surface area contributed by atoms with Gasteiger partial charge in [-0.3, -0.25) is 47.8 Å². The van der Waals surface area contributed by atoms with Gasteiger partial charge in [-0.15, -0.1) is 11.3 Å². The number of anilines is 1. The van der Waals surface area contributed by atoms with Gasteiger partial charge in [-0.05, 0) is 119 Å². The summed E-state index contributed by atoms with van der Waals surface area (Å²) < 4.78 is 18.1. The number of nitrogens with one attached hydrogen (secondary N) is 4. The van der Waals surface area contributed by atoms with Crippen LogP contribution in [0.1, 0.15) is 121 Å². The van der Waals surface area contributed by atoms with Crippen molar-refractivity contribution in [3.8, 4) is 10.4 Å². The van der Waals surface area contributed by atoms with Crippen molar-refractivity contribution in [3.05, 3.63) is 153 Å². The van der Waals surface area contributed by atoms with Crippen LogP contribution in [0.15, 0.2) is 109 Å². The van der Waals surface area contributed by atoms with E-state index >= 15 is 0 Å². The largest absolute Gasteiger partial charge is 0.396 e. The Morgan fingerprint density at radius 3 is 2.28 bits per heavy atom. The van der Waals surface area contributed by atoms with Crippen molar-refractivity contribution >= 4 is 93.0 Å². The molecule has 89 heavy (non-hydrogen) atoms. The minimum Gasteiger partial charge on any atom is -0.391 e. The first kappa shape index (κ1) is 63.8. The Balaban J connectivity index is 0.751. The van der Waals surface area contributed by atoms with Gasteiger partial charge in [0.25, 0.3) is 5.52 Å². The molecule has 0 unspecified atom stereocenters. The van der Waals surface area contributed by atoms with Gasteiger partial charge in [-0.2, -0.15) is 0 Å². The number of thiazole rings is 1. The Morgan fingerprint density at radius 1 is 0.854 bits per heavy atom. The first-order chi connectivity index (χ1) is 42.3. The van der Waals surface area contributed by atoms with Crippen LogP contribution in [0.5, 0.6) is 0 Å². The average Bonchev–Trinajstić information content (AvgIpc) is 2.21. The van der Waals surface area contributed by atoms with E-state index in [9.17, 15) is 57.8 Å². The van der Waals surface area contributed by atoms with Crippen molar-refractivity contribution in [2.24, 2.45) is 17.1 Å². The SMILES string of the molecule is Cc1ncsc1-c1ccc(CNC(=O)[C@@H]2C[C@@H](O)CN2C(=O)[C@@H](NC(=O)CCc2ccc3ccc(CO[C@H](C)[C@H](CCC(N)=O)NC(=O)[C@@H]4Cc5cccc6c5N4C(=O)[C@@H](CC(=O)c4cc5cc(C(=O)P(=O)(O)O)ccc5[nH]4)CC6)cc3c2)C(C)(C)C)cc1. The number of carbonyl (C=O) groups excluding carboxylic acids is 8. The van der Waals surface area contributed by atoms with E-state index in [2.05, 4.69) is 25.9 Å². The number of ketones is 1. The molecular weight excluding hydrogens is 1180 g/mol. The highest BCUT2D eigenvalue weighted by Gasteiger charge is 2.46. The summed E-state index contributed by atoms with van der Waals surface area (Å²) >= 11 is 1.56. The Morgan fingerprint density at radius 2 is 1.57 bits per heavy atom. The highest BCUT2D eigenvalue weighted by Crippen LogP contribution is 2.42. The summed E-state index contributed by atoms with van der Waals surface area (Å²) in [5.74, 6) is -3.87. The molecule has 9 N–H and O–H groups in total. The molecule has 3 aliphatic rings. The van der Waals surface area contributed by atoms with E-state index in [1.165, 1.54) is 34.1 Å². The van der Waals surface area contributed by atoms with Gasteiger partial charge in [0.2, 0.25) is 35.4 Å². The number of H-pyrrole nitrogens is 1. The number of primary amides is 1. The Labute approximate surface area is 518 Å². The second-order valence-electron chi connectivity index (χ2n) is 24.6. The average molecular weight is 1250 g/mol. The van der Waals surface area contributed by atoms with Crippen LogP contribution in [0.2, 0.25) is 0 Å². The minimum atomic E-state index is -5.05. The summed E-state index contributed by atoms with van der Waals surface area (Å²) in [5.41, 5.74) is 12.5. The quantitative estimate of drug-likeness (QED) is 0.0231. The number of β-amino-alcohol motifs (C(OH)–C–C–N with tert-alkyl or cyclic N) is 1. The molecule has 5 aromatic carbocycles. The van der Waals surface area contributed by atoms with Crippen molar-refractivity contribution in [2.75, 3.05) is 11.4 Å². The zero-order valence-electron chi connectivity index (χ0n) is 50.1. The summed E-state index contributed by atoms with van der Waals surface area (Å²) in [6.07, 6.45) is -0.233. The minimum absolute atomic E-state index is 0.0483. The van der Waals surface area contributed by atoms with E-state index in [1.54, 1.807) is 23.8 Å². The van der Waals surface area contributed by atoms with Gasteiger partial charge < -0.3 is 51.2 Å².